The zero-order chi connectivity index (χ0) is 13.6. The Bertz CT molecular complexity index is 257. The maximum absolute atomic E-state index is 11.8. The molecule has 1 rings (SSSR count). The van der Waals surface area contributed by atoms with Gasteiger partial charge >= 0.3 is 0 Å². The van der Waals surface area contributed by atoms with Crippen LogP contribution in [-0.4, -0.2) is 19.0 Å². The topological polar surface area (TPSA) is 55.1 Å². The summed E-state index contributed by atoms with van der Waals surface area (Å²) in [6, 6.07) is 0. The molecule has 1 aliphatic rings. The summed E-state index contributed by atoms with van der Waals surface area (Å²) in [6.07, 6.45) is 6.99. The van der Waals surface area contributed by atoms with Crippen molar-refractivity contribution in [3.8, 4) is 0 Å². The van der Waals surface area contributed by atoms with E-state index in [-0.39, 0.29) is 11.8 Å². The highest BCUT2D eigenvalue weighted by atomic mass is 16.1. The van der Waals surface area contributed by atoms with Crippen LogP contribution in [0.4, 0.5) is 0 Å². The van der Waals surface area contributed by atoms with Crippen molar-refractivity contribution in [1.82, 2.24) is 5.32 Å². The number of nitrogens with one attached hydrogen (secondary N) is 1. The number of amides is 1. The Morgan fingerprint density at radius 1 is 1.28 bits per heavy atom. The number of carbonyl (C=O) groups is 1. The van der Waals surface area contributed by atoms with Gasteiger partial charge in [-0.1, -0.05) is 33.6 Å². The smallest absolute Gasteiger partial charge is 0.220 e. The van der Waals surface area contributed by atoms with E-state index in [1.54, 1.807) is 0 Å². The molecule has 0 aromatic heterocycles. The molecule has 0 heterocycles. The standard InChI is InChI=1S/C15H30N2O/c1-12(2)9-15(6-4-5-7-15)11-17-14(18)8-13(3)10-16/h12-13H,4-11,16H2,1-3H3,(H,17,18). The van der Waals surface area contributed by atoms with Gasteiger partial charge in [-0.3, -0.25) is 4.79 Å². The van der Waals surface area contributed by atoms with Gasteiger partial charge in [0, 0.05) is 13.0 Å². The van der Waals surface area contributed by atoms with Crippen LogP contribution in [0.15, 0.2) is 0 Å². The molecule has 1 amide bonds. The first kappa shape index (κ1) is 15.5. The molecule has 18 heavy (non-hydrogen) atoms. The Kier molecular flexibility index (Phi) is 6.13. The Morgan fingerprint density at radius 3 is 2.39 bits per heavy atom. The van der Waals surface area contributed by atoms with Crippen LogP contribution in [0.3, 0.4) is 0 Å². The van der Waals surface area contributed by atoms with Crippen LogP contribution in [0.25, 0.3) is 0 Å². The number of rotatable bonds is 7. The molecule has 0 saturated heterocycles. The first-order valence-corrected chi connectivity index (χ1v) is 7.44. The highest BCUT2D eigenvalue weighted by molar-refractivity contribution is 5.76. The fraction of sp³-hybridized carbons (Fsp3) is 0.933. The van der Waals surface area contributed by atoms with Gasteiger partial charge in [0.15, 0.2) is 0 Å². The van der Waals surface area contributed by atoms with Gasteiger partial charge in [-0.15, -0.1) is 0 Å². The fourth-order valence-corrected chi connectivity index (χ4v) is 3.20. The molecule has 3 N–H and O–H groups in total. The Labute approximate surface area is 112 Å². The lowest BCUT2D eigenvalue weighted by Gasteiger charge is -2.31. The minimum atomic E-state index is 0.169. The summed E-state index contributed by atoms with van der Waals surface area (Å²) < 4.78 is 0. The van der Waals surface area contributed by atoms with Crippen LogP contribution < -0.4 is 11.1 Å². The normalized spacial score (nSPS) is 20.1. The van der Waals surface area contributed by atoms with Gasteiger partial charge in [-0.2, -0.15) is 0 Å². The molecule has 1 aliphatic carbocycles. The predicted octanol–water partition coefficient (Wildman–Crippen LogP) is 2.69. The largest absolute Gasteiger partial charge is 0.356 e. The highest BCUT2D eigenvalue weighted by Gasteiger charge is 2.34. The third kappa shape index (κ3) is 4.97. The van der Waals surface area contributed by atoms with Gasteiger partial charge in [-0.05, 0) is 43.1 Å². The van der Waals surface area contributed by atoms with Crippen molar-refractivity contribution in [2.24, 2.45) is 23.0 Å². The lowest BCUT2D eigenvalue weighted by atomic mass is 9.78. The van der Waals surface area contributed by atoms with E-state index in [9.17, 15) is 4.79 Å². The molecular weight excluding hydrogens is 224 g/mol. The third-order valence-corrected chi connectivity index (χ3v) is 4.10. The van der Waals surface area contributed by atoms with Crippen molar-refractivity contribution in [3.63, 3.8) is 0 Å². The first-order valence-electron chi connectivity index (χ1n) is 7.44. The van der Waals surface area contributed by atoms with E-state index in [2.05, 4.69) is 19.2 Å². The lowest BCUT2D eigenvalue weighted by Crippen LogP contribution is -2.37. The molecule has 0 bridgehead atoms. The summed E-state index contributed by atoms with van der Waals surface area (Å²) in [4.78, 5) is 11.8. The number of carbonyl (C=O) groups excluding carboxylic acids is 1. The Morgan fingerprint density at radius 2 is 1.89 bits per heavy atom. The third-order valence-electron chi connectivity index (χ3n) is 4.10. The molecule has 0 aromatic carbocycles. The van der Waals surface area contributed by atoms with Gasteiger partial charge in [0.1, 0.15) is 0 Å². The van der Waals surface area contributed by atoms with Gasteiger partial charge in [-0.25, -0.2) is 0 Å². The van der Waals surface area contributed by atoms with Crippen molar-refractivity contribution in [3.05, 3.63) is 0 Å². The molecule has 106 valence electrons. The summed E-state index contributed by atoms with van der Waals surface area (Å²) in [5.74, 6) is 1.17. The second-order valence-electron chi connectivity index (χ2n) is 6.63. The van der Waals surface area contributed by atoms with Crippen molar-refractivity contribution in [2.45, 2.75) is 59.3 Å². The van der Waals surface area contributed by atoms with E-state index in [4.69, 9.17) is 5.73 Å². The van der Waals surface area contributed by atoms with Crippen LogP contribution in [0.1, 0.15) is 59.3 Å². The van der Waals surface area contributed by atoms with Crippen LogP contribution in [-0.2, 0) is 4.79 Å². The summed E-state index contributed by atoms with van der Waals surface area (Å²) in [5.41, 5.74) is 5.92. The van der Waals surface area contributed by atoms with Crippen LogP contribution >= 0.6 is 0 Å². The number of nitrogens with two attached hydrogens (primary N) is 1. The zero-order valence-electron chi connectivity index (χ0n) is 12.3. The highest BCUT2D eigenvalue weighted by Crippen LogP contribution is 2.42. The molecule has 1 saturated carbocycles. The van der Waals surface area contributed by atoms with E-state index in [1.165, 1.54) is 32.1 Å². The lowest BCUT2D eigenvalue weighted by molar-refractivity contribution is -0.122. The fourth-order valence-electron chi connectivity index (χ4n) is 3.20. The molecule has 3 nitrogen and oxygen atoms in total. The van der Waals surface area contributed by atoms with Gasteiger partial charge in [0.05, 0.1) is 0 Å². The Balaban J connectivity index is 2.40. The molecule has 1 fully saturated rings. The number of hydrogen-bond donors (Lipinski definition) is 2. The van der Waals surface area contributed by atoms with Crippen molar-refractivity contribution in [1.29, 1.82) is 0 Å². The van der Waals surface area contributed by atoms with E-state index in [0.717, 1.165) is 6.54 Å². The van der Waals surface area contributed by atoms with E-state index < -0.39 is 0 Å². The van der Waals surface area contributed by atoms with Crippen LogP contribution in [0.2, 0.25) is 0 Å². The quantitative estimate of drug-likeness (QED) is 0.734. The molecule has 0 radical (unpaired) electrons. The summed E-state index contributed by atoms with van der Waals surface area (Å²) in [7, 11) is 0. The first-order chi connectivity index (χ1) is 8.47. The van der Waals surface area contributed by atoms with Crippen molar-refractivity contribution in [2.75, 3.05) is 13.1 Å². The van der Waals surface area contributed by atoms with E-state index >= 15 is 0 Å². The van der Waals surface area contributed by atoms with E-state index in [0.29, 0.717) is 24.3 Å². The summed E-state index contributed by atoms with van der Waals surface area (Å²) >= 11 is 0. The summed E-state index contributed by atoms with van der Waals surface area (Å²) in [6.45, 7) is 8.03. The van der Waals surface area contributed by atoms with Gasteiger partial charge in [0.25, 0.3) is 0 Å². The summed E-state index contributed by atoms with van der Waals surface area (Å²) in [5, 5.41) is 3.14. The molecule has 1 unspecified atom stereocenters. The molecular formula is C15H30N2O. The van der Waals surface area contributed by atoms with Crippen LogP contribution in [0.5, 0.6) is 0 Å². The second-order valence-corrected chi connectivity index (χ2v) is 6.63. The van der Waals surface area contributed by atoms with Gasteiger partial charge in [0.2, 0.25) is 5.91 Å². The zero-order valence-corrected chi connectivity index (χ0v) is 12.3. The molecule has 0 aliphatic heterocycles. The monoisotopic (exact) mass is 254 g/mol. The number of hydrogen-bond acceptors (Lipinski definition) is 2. The second kappa shape index (κ2) is 7.13. The molecule has 3 heteroatoms. The average Bonchev–Trinajstić information content (AvgIpc) is 2.74. The molecule has 1 atom stereocenters. The predicted molar refractivity (Wildman–Crippen MR) is 76.2 cm³/mol. The van der Waals surface area contributed by atoms with E-state index in [1.807, 2.05) is 6.92 Å². The minimum absolute atomic E-state index is 0.169. The maximum Gasteiger partial charge on any atom is 0.220 e. The van der Waals surface area contributed by atoms with Crippen molar-refractivity contribution >= 4 is 5.91 Å². The van der Waals surface area contributed by atoms with Crippen LogP contribution in [0, 0.1) is 17.3 Å². The minimum Gasteiger partial charge on any atom is -0.356 e. The molecule has 0 aromatic rings. The van der Waals surface area contributed by atoms with Gasteiger partial charge < -0.3 is 11.1 Å². The SMILES string of the molecule is CC(C)CC1(CNC(=O)CC(C)CN)CCCC1. The Hall–Kier alpha value is -0.570. The average molecular weight is 254 g/mol. The van der Waals surface area contributed by atoms with Crippen molar-refractivity contribution < 1.29 is 4.79 Å². The molecule has 0 spiro atoms. The maximum atomic E-state index is 11.8.